The zero-order valence-electron chi connectivity index (χ0n) is 23.2. The summed E-state index contributed by atoms with van der Waals surface area (Å²) in [7, 11) is 1.44. The van der Waals surface area contributed by atoms with Crippen molar-refractivity contribution in [2.45, 2.75) is 46.6 Å². The van der Waals surface area contributed by atoms with Crippen molar-refractivity contribution in [2.75, 3.05) is 13.7 Å². The number of hydrogen-bond donors (Lipinski definition) is 1. The fourth-order valence-electron chi connectivity index (χ4n) is 4.07. The Balaban J connectivity index is 0.000000230. The number of nitrogens with two attached hydrogens (primary N) is 1. The molecule has 0 amide bonds. The fraction of sp³-hybridized carbons (Fsp3) is 0.333. The Morgan fingerprint density at radius 2 is 1.31 bits per heavy atom. The van der Waals surface area contributed by atoms with E-state index in [9.17, 15) is 8.78 Å². The quantitative estimate of drug-likeness (QED) is 0.281. The van der Waals surface area contributed by atoms with Gasteiger partial charge in [0.15, 0.2) is 23.1 Å². The van der Waals surface area contributed by atoms with Crippen LogP contribution in [0, 0.1) is 31.4 Å². The van der Waals surface area contributed by atoms with E-state index in [2.05, 4.69) is 33.8 Å². The summed E-state index contributed by atoms with van der Waals surface area (Å²) in [5.41, 5.74) is 8.50. The molecule has 0 saturated carbocycles. The van der Waals surface area contributed by atoms with E-state index >= 15 is 0 Å². The van der Waals surface area contributed by atoms with E-state index in [1.807, 2.05) is 6.92 Å². The molecular formula is C30H35F2N5O2. The number of nitrogens with zero attached hydrogens (tertiary/aromatic N) is 4. The summed E-state index contributed by atoms with van der Waals surface area (Å²) in [4.78, 5) is 16.5. The van der Waals surface area contributed by atoms with Gasteiger partial charge in [-0.3, -0.25) is 0 Å². The van der Waals surface area contributed by atoms with E-state index in [0.717, 1.165) is 6.42 Å². The van der Waals surface area contributed by atoms with Crippen molar-refractivity contribution in [3.8, 4) is 34.0 Å². The highest BCUT2D eigenvalue weighted by Gasteiger charge is 2.22. The number of rotatable bonds is 8. The number of ether oxygens (including phenoxy) is 2. The molecule has 9 heteroatoms. The Morgan fingerprint density at radius 1 is 0.821 bits per heavy atom. The first kappa shape index (κ1) is 29.6. The molecule has 0 aliphatic rings. The van der Waals surface area contributed by atoms with E-state index in [4.69, 9.17) is 15.2 Å². The standard InChI is InChI=1S/C18H24FN3O.C12H11FN2O/c1-12(2)10-18(4,20)11-23-17-6-5-14(9-15(17)19)16-7-8-21-13(3)22-16;1-8-14-6-5-11(15-8)9-3-4-12(16-2)10(13)7-9/h5-9,12H,10-11,20H2,1-4H3;3-7H,1-2H3/t18-;/m0./s1. The minimum absolute atomic E-state index is 0.208. The van der Waals surface area contributed by atoms with Gasteiger partial charge >= 0.3 is 0 Å². The maximum Gasteiger partial charge on any atom is 0.165 e. The number of benzene rings is 2. The van der Waals surface area contributed by atoms with Crippen LogP contribution in [0.4, 0.5) is 8.78 Å². The van der Waals surface area contributed by atoms with Crippen molar-refractivity contribution in [3.05, 3.63) is 84.2 Å². The molecule has 206 valence electrons. The topological polar surface area (TPSA) is 96.0 Å². The summed E-state index contributed by atoms with van der Waals surface area (Å²) in [5, 5.41) is 0. The average molecular weight is 536 g/mol. The summed E-state index contributed by atoms with van der Waals surface area (Å²) >= 11 is 0. The molecule has 0 bridgehead atoms. The molecule has 0 unspecified atom stereocenters. The van der Waals surface area contributed by atoms with Gasteiger partial charge in [-0.15, -0.1) is 0 Å². The zero-order chi connectivity index (χ0) is 28.6. The first-order valence-corrected chi connectivity index (χ1v) is 12.6. The van der Waals surface area contributed by atoms with E-state index in [0.29, 0.717) is 40.1 Å². The van der Waals surface area contributed by atoms with Gasteiger partial charge in [0.2, 0.25) is 0 Å². The van der Waals surface area contributed by atoms with E-state index in [-0.39, 0.29) is 18.1 Å². The minimum Gasteiger partial charge on any atom is -0.494 e. The smallest absolute Gasteiger partial charge is 0.165 e. The molecule has 4 aromatic rings. The Kier molecular flexibility index (Phi) is 10.0. The van der Waals surface area contributed by atoms with Crippen LogP contribution in [0.5, 0.6) is 11.5 Å². The van der Waals surface area contributed by atoms with Gasteiger partial charge in [-0.2, -0.15) is 0 Å². The lowest BCUT2D eigenvalue weighted by atomic mass is 9.93. The third kappa shape index (κ3) is 8.78. The monoisotopic (exact) mass is 535 g/mol. The van der Waals surface area contributed by atoms with Crippen LogP contribution in [-0.2, 0) is 0 Å². The van der Waals surface area contributed by atoms with Crippen LogP contribution >= 0.6 is 0 Å². The molecule has 0 saturated heterocycles. The van der Waals surface area contributed by atoms with E-state index < -0.39 is 17.2 Å². The molecule has 7 nitrogen and oxygen atoms in total. The van der Waals surface area contributed by atoms with Gasteiger partial charge in [-0.05, 0) is 81.6 Å². The van der Waals surface area contributed by atoms with Crippen molar-refractivity contribution in [2.24, 2.45) is 11.7 Å². The highest BCUT2D eigenvalue weighted by atomic mass is 19.1. The lowest BCUT2D eigenvalue weighted by molar-refractivity contribution is 0.200. The highest BCUT2D eigenvalue weighted by Crippen LogP contribution is 2.26. The lowest BCUT2D eigenvalue weighted by Crippen LogP contribution is -2.43. The third-order valence-corrected chi connectivity index (χ3v) is 5.66. The molecule has 0 radical (unpaired) electrons. The van der Waals surface area contributed by atoms with Crippen molar-refractivity contribution < 1.29 is 18.3 Å². The minimum atomic E-state index is -0.483. The molecule has 0 fully saturated rings. The van der Waals surface area contributed by atoms with Gasteiger partial charge in [-0.25, -0.2) is 28.7 Å². The molecule has 2 aromatic heterocycles. The molecular weight excluding hydrogens is 500 g/mol. The van der Waals surface area contributed by atoms with Crippen molar-refractivity contribution in [3.63, 3.8) is 0 Å². The number of hydrogen-bond acceptors (Lipinski definition) is 7. The molecule has 4 rings (SSSR count). The van der Waals surface area contributed by atoms with Crippen LogP contribution in [-0.4, -0.2) is 39.2 Å². The third-order valence-electron chi connectivity index (χ3n) is 5.66. The number of aryl methyl sites for hydroxylation is 2. The zero-order valence-corrected chi connectivity index (χ0v) is 23.2. The molecule has 0 spiro atoms. The lowest BCUT2D eigenvalue weighted by Gasteiger charge is -2.26. The molecule has 39 heavy (non-hydrogen) atoms. The van der Waals surface area contributed by atoms with Crippen LogP contribution in [0.15, 0.2) is 60.9 Å². The van der Waals surface area contributed by atoms with Gasteiger partial charge in [0.05, 0.1) is 18.5 Å². The van der Waals surface area contributed by atoms with Crippen LogP contribution < -0.4 is 15.2 Å². The normalized spacial score (nSPS) is 12.4. The summed E-state index contributed by atoms with van der Waals surface area (Å²) in [6.07, 6.45) is 4.12. The highest BCUT2D eigenvalue weighted by molar-refractivity contribution is 5.60. The van der Waals surface area contributed by atoms with Gasteiger partial charge < -0.3 is 15.2 Å². The predicted octanol–water partition coefficient (Wildman–Crippen LogP) is 6.33. The predicted molar refractivity (Wildman–Crippen MR) is 148 cm³/mol. The van der Waals surface area contributed by atoms with Gasteiger partial charge in [0, 0.05) is 29.1 Å². The SMILES string of the molecule is COc1ccc(-c2ccnc(C)n2)cc1F.Cc1nccc(-c2ccc(OC[C@@](C)(N)CC(C)C)c(F)c2)n1. The summed E-state index contributed by atoms with van der Waals surface area (Å²) in [6.45, 7) is 9.99. The first-order valence-electron chi connectivity index (χ1n) is 12.6. The van der Waals surface area contributed by atoms with Gasteiger partial charge in [0.1, 0.15) is 18.3 Å². The number of halogens is 2. The number of aromatic nitrogens is 4. The molecule has 0 aliphatic carbocycles. The Hall–Kier alpha value is -3.98. The molecule has 2 heterocycles. The number of methoxy groups -OCH3 is 1. The second-order valence-electron chi connectivity index (χ2n) is 10.0. The Labute approximate surface area is 228 Å². The summed E-state index contributed by atoms with van der Waals surface area (Å²) < 4.78 is 38.2. The van der Waals surface area contributed by atoms with E-state index in [1.54, 1.807) is 62.6 Å². The van der Waals surface area contributed by atoms with Crippen LogP contribution in [0.25, 0.3) is 22.5 Å². The Morgan fingerprint density at radius 3 is 1.72 bits per heavy atom. The molecule has 0 aliphatic heterocycles. The van der Waals surface area contributed by atoms with Gasteiger partial charge in [0.25, 0.3) is 0 Å². The van der Waals surface area contributed by atoms with Crippen molar-refractivity contribution >= 4 is 0 Å². The fourth-order valence-corrected chi connectivity index (χ4v) is 4.07. The molecule has 1 atom stereocenters. The second kappa shape index (κ2) is 13.2. The van der Waals surface area contributed by atoms with Gasteiger partial charge in [-0.1, -0.05) is 13.8 Å². The maximum absolute atomic E-state index is 14.3. The molecule has 2 aromatic carbocycles. The van der Waals surface area contributed by atoms with Crippen LogP contribution in [0.3, 0.4) is 0 Å². The summed E-state index contributed by atoms with van der Waals surface area (Å²) in [6, 6.07) is 13.1. The average Bonchev–Trinajstić information content (AvgIpc) is 2.87. The maximum atomic E-state index is 14.3. The van der Waals surface area contributed by atoms with Crippen molar-refractivity contribution in [1.82, 2.24) is 19.9 Å². The van der Waals surface area contributed by atoms with Crippen LogP contribution in [0.1, 0.15) is 38.8 Å². The van der Waals surface area contributed by atoms with E-state index in [1.165, 1.54) is 19.2 Å². The first-order chi connectivity index (χ1) is 18.5. The van der Waals surface area contributed by atoms with Crippen LogP contribution in [0.2, 0.25) is 0 Å². The van der Waals surface area contributed by atoms with Crippen molar-refractivity contribution in [1.29, 1.82) is 0 Å². The largest absolute Gasteiger partial charge is 0.494 e. The second-order valence-corrected chi connectivity index (χ2v) is 10.0. The Bertz CT molecular complexity index is 1400. The molecule has 2 N–H and O–H groups in total. The summed E-state index contributed by atoms with van der Waals surface area (Å²) in [5.74, 6) is 1.40.